The van der Waals surface area contributed by atoms with E-state index < -0.39 is 0 Å². The first-order chi connectivity index (χ1) is 11.6. The molecule has 0 saturated carbocycles. The number of halogens is 1. The molecule has 0 bridgehead atoms. The van der Waals surface area contributed by atoms with E-state index in [0.29, 0.717) is 28.1 Å². The highest BCUT2D eigenvalue weighted by Gasteiger charge is 2.10. The number of carbonyl (C=O) groups is 1. The Morgan fingerprint density at radius 2 is 2.17 bits per heavy atom. The second-order valence-corrected chi connectivity index (χ2v) is 6.87. The molecule has 2 N–H and O–H groups in total. The molecule has 0 aliphatic carbocycles. The zero-order valence-corrected chi connectivity index (χ0v) is 14.7. The van der Waals surface area contributed by atoms with Gasteiger partial charge in [0, 0.05) is 12.7 Å². The molecule has 1 atom stereocenters. The van der Waals surface area contributed by atoms with E-state index in [2.05, 4.69) is 39.3 Å². The van der Waals surface area contributed by atoms with Crippen molar-refractivity contribution < 1.29 is 4.79 Å². The molecule has 0 unspecified atom stereocenters. The quantitative estimate of drug-likeness (QED) is 0.658. The molecule has 124 valence electrons. The van der Waals surface area contributed by atoms with Gasteiger partial charge in [0.05, 0.1) is 16.3 Å². The summed E-state index contributed by atoms with van der Waals surface area (Å²) in [5, 5.41) is 4.17. The molecular weight excluding hydrogens is 344 g/mol. The van der Waals surface area contributed by atoms with Gasteiger partial charge in [-0.2, -0.15) is 0 Å². The Labute approximate surface area is 149 Å². The highest BCUT2D eigenvalue weighted by atomic mass is 35.5. The standard InChI is InChI=1S/C17H17ClN4OS/c1-11(12-5-3-2-4-6-12)8-19-15(23)10-24-17-21-14-7-13(18)9-20-16(14)22-17/h2-7,9,11H,8,10H2,1H3,(H,19,23)(H,20,21,22)/t11-/m0/s1. The maximum absolute atomic E-state index is 12.0. The number of aromatic nitrogens is 3. The van der Waals surface area contributed by atoms with Gasteiger partial charge in [-0.1, -0.05) is 60.6 Å². The number of imidazole rings is 1. The minimum atomic E-state index is -0.0192. The molecule has 5 nitrogen and oxygen atoms in total. The molecule has 2 heterocycles. The Morgan fingerprint density at radius 3 is 2.96 bits per heavy atom. The lowest BCUT2D eigenvalue weighted by Crippen LogP contribution is -2.29. The molecule has 1 aromatic carbocycles. The van der Waals surface area contributed by atoms with Gasteiger partial charge in [0.1, 0.15) is 0 Å². The largest absolute Gasteiger partial charge is 0.355 e. The number of nitrogens with zero attached hydrogens (tertiary/aromatic N) is 2. The van der Waals surface area contributed by atoms with Crippen LogP contribution in [-0.4, -0.2) is 33.2 Å². The smallest absolute Gasteiger partial charge is 0.230 e. The van der Waals surface area contributed by atoms with E-state index in [1.54, 1.807) is 12.3 Å². The molecule has 0 aliphatic rings. The summed E-state index contributed by atoms with van der Waals surface area (Å²) in [4.78, 5) is 23.6. The fourth-order valence-electron chi connectivity index (χ4n) is 2.27. The molecule has 2 aromatic heterocycles. The Balaban J connectivity index is 1.49. The molecule has 7 heteroatoms. The Hall–Kier alpha value is -2.05. The highest BCUT2D eigenvalue weighted by molar-refractivity contribution is 7.99. The van der Waals surface area contributed by atoms with Gasteiger partial charge in [0.2, 0.25) is 5.91 Å². The average Bonchev–Trinajstić information content (AvgIpc) is 3.00. The van der Waals surface area contributed by atoms with E-state index in [9.17, 15) is 4.79 Å². The lowest BCUT2D eigenvalue weighted by Gasteiger charge is -2.12. The van der Waals surface area contributed by atoms with Crippen LogP contribution in [0.15, 0.2) is 47.8 Å². The first kappa shape index (κ1) is 16.8. The molecule has 24 heavy (non-hydrogen) atoms. The van der Waals surface area contributed by atoms with Crippen molar-refractivity contribution in [1.29, 1.82) is 0 Å². The second-order valence-electron chi connectivity index (χ2n) is 5.47. The topological polar surface area (TPSA) is 70.7 Å². The van der Waals surface area contributed by atoms with Gasteiger partial charge >= 0.3 is 0 Å². The number of fused-ring (bicyclic) bond motifs is 1. The highest BCUT2D eigenvalue weighted by Crippen LogP contribution is 2.20. The van der Waals surface area contributed by atoms with E-state index in [1.807, 2.05) is 18.2 Å². The van der Waals surface area contributed by atoms with Crippen LogP contribution in [0.1, 0.15) is 18.4 Å². The fourth-order valence-corrected chi connectivity index (χ4v) is 3.13. The first-order valence-electron chi connectivity index (χ1n) is 7.57. The minimum absolute atomic E-state index is 0.0192. The van der Waals surface area contributed by atoms with Gasteiger partial charge in [-0.05, 0) is 17.5 Å². The van der Waals surface area contributed by atoms with Gasteiger partial charge in [-0.3, -0.25) is 4.79 Å². The molecule has 3 aromatic rings. The van der Waals surface area contributed by atoms with Crippen molar-refractivity contribution in [2.24, 2.45) is 0 Å². The van der Waals surface area contributed by atoms with E-state index in [0.717, 1.165) is 5.52 Å². The Morgan fingerprint density at radius 1 is 1.38 bits per heavy atom. The first-order valence-corrected chi connectivity index (χ1v) is 8.94. The van der Waals surface area contributed by atoms with Crippen molar-refractivity contribution in [3.05, 3.63) is 53.2 Å². The molecule has 0 saturated heterocycles. The van der Waals surface area contributed by atoms with Crippen LogP contribution in [0.25, 0.3) is 11.2 Å². The van der Waals surface area contributed by atoms with E-state index in [1.165, 1.54) is 17.3 Å². The van der Waals surface area contributed by atoms with Crippen LogP contribution in [0.3, 0.4) is 0 Å². The van der Waals surface area contributed by atoms with Crippen molar-refractivity contribution in [3.63, 3.8) is 0 Å². The lowest BCUT2D eigenvalue weighted by molar-refractivity contribution is -0.118. The molecular formula is C17H17ClN4OS. The fraction of sp³-hybridized carbons (Fsp3) is 0.235. The molecule has 0 fully saturated rings. The number of nitrogens with one attached hydrogen (secondary N) is 2. The van der Waals surface area contributed by atoms with Crippen LogP contribution in [-0.2, 0) is 4.79 Å². The third-order valence-corrected chi connectivity index (χ3v) is 4.68. The predicted molar refractivity (Wildman–Crippen MR) is 97.5 cm³/mol. The third kappa shape index (κ3) is 4.27. The number of benzene rings is 1. The van der Waals surface area contributed by atoms with Crippen LogP contribution in [0.5, 0.6) is 0 Å². The predicted octanol–water partition coefficient (Wildman–Crippen LogP) is 3.62. The number of carbonyl (C=O) groups excluding carboxylic acids is 1. The summed E-state index contributed by atoms with van der Waals surface area (Å²) in [6, 6.07) is 11.9. The molecule has 0 radical (unpaired) electrons. The summed E-state index contributed by atoms with van der Waals surface area (Å²) >= 11 is 7.24. The zero-order valence-electron chi connectivity index (χ0n) is 13.1. The number of hydrogen-bond acceptors (Lipinski definition) is 4. The van der Waals surface area contributed by atoms with Crippen LogP contribution in [0, 0.1) is 0 Å². The van der Waals surface area contributed by atoms with Gasteiger partial charge in [-0.15, -0.1) is 0 Å². The van der Waals surface area contributed by atoms with Gasteiger partial charge in [0.15, 0.2) is 10.8 Å². The number of aromatic amines is 1. The number of rotatable bonds is 6. The third-order valence-electron chi connectivity index (χ3n) is 3.60. The van der Waals surface area contributed by atoms with Crippen molar-refractivity contribution >= 4 is 40.4 Å². The van der Waals surface area contributed by atoms with Crippen LogP contribution < -0.4 is 5.32 Å². The summed E-state index contributed by atoms with van der Waals surface area (Å²) in [5.74, 6) is 0.557. The number of H-pyrrole nitrogens is 1. The summed E-state index contributed by atoms with van der Waals surface area (Å²) in [6.45, 7) is 2.71. The summed E-state index contributed by atoms with van der Waals surface area (Å²) in [7, 11) is 0. The lowest BCUT2D eigenvalue weighted by atomic mass is 10.0. The van der Waals surface area contributed by atoms with Crippen molar-refractivity contribution in [2.75, 3.05) is 12.3 Å². The van der Waals surface area contributed by atoms with E-state index in [-0.39, 0.29) is 11.8 Å². The Bertz CT molecular complexity index is 837. The molecule has 0 aliphatic heterocycles. The van der Waals surface area contributed by atoms with Crippen molar-refractivity contribution in [2.45, 2.75) is 18.0 Å². The average molecular weight is 361 g/mol. The minimum Gasteiger partial charge on any atom is -0.355 e. The van der Waals surface area contributed by atoms with E-state index >= 15 is 0 Å². The molecule has 3 rings (SSSR count). The maximum atomic E-state index is 12.0. The monoisotopic (exact) mass is 360 g/mol. The zero-order chi connectivity index (χ0) is 16.9. The SMILES string of the molecule is C[C@@H](CNC(=O)CSc1nc2ncc(Cl)cc2[nH]1)c1ccccc1. The van der Waals surface area contributed by atoms with Crippen LogP contribution in [0.4, 0.5) is 0 Å². The Kier molecular flexibility index (Phi) is 5.37. The van der Waals surface area contributed by atoms with Gasteiger partial charge in [0.25, 0.3) is 0 Å². The number of hydrogen-bond donors (Lipinski definition) is 2. The maximum Gasteiger partial charge on any atom is 0.230 e. The van der Waals surface area contributed by atoms with E-state index in [4.69, 9.17) is 11.6 Å². The summed E-state index contributed by atoms with van der Waals surface area (Å²) in [6.07, 6.45) is 1.55. The van der Waals surface area contributed by atoms with Crippen molar-refractivity contribution in [1.82, 2.24) is 20.3 Å². The van der Waals surface area contributed by atoms with Crippen molar-refractivity contribution in [3.8, 4) is 0 Å². The van der Waals surface area contributed by atoms with Crippen LogP contribution >= 0.6 is 23.4 Å². The van der Waals surface area contributed by atoms with Crippen LogP contribution in [0.2, 0.25) is 5.02 Å². The summed E-state index contributed by atoms with van der Waals surface area (Å²) < 4.78 is 0. The van der Waals surface area contributed by atoms with Gasteiger partial charge in [-0.25, -0.2) is 9.97 Å². The van der Waals surface area contributed by atoms with Gasteiger partial charge < -0.3 is 10.3 Å². The number of thioether (sulfide) groups is 1. The normalized spacial score (nSPS) is 12.2. The number of pyridine rings is 1. The second kappa shape index (κ2) is 7.68. The summed E-state index contributed by atoms with van der Waals surface area (Å²) in [5.41, 5.74) is 2.58. The molecule has 0 spiro atoms. The molecule has 1 amide bonds. The number of amides is 1.